The largest absolute Gasteiger partial charge is 0.497 e. The minimum Gasteiger partial charge on any atom is -0.497 e. The number of nitrogens with zero attached hydrogens (tertiary/aromatic N) is 2. The van der Waals surface area contributed by atoms with Gasteiger partial charge in [-0.3, -0.25) is 0 Å². The van der Waals surface area contributed by atoms with Crippen molar-refractivity contribution >= 4 is 23.7 Å². The number of aromatic nitrogens is 2. The number of benzene rings is 1. The van der Waals surface area contributed by atoms with E-state index in [-0.39, 0.29) is 0 Å². The van der Waals surface area contributed by atoms with Gasteiger partial charge in [0.15, 0.2) is 0 Å². The highest BCUT2D eigenvalue weighted by Crippen LogP contribution is 2.23. The Hall–Kier alpha value is -1.16. The molecule has 0 spiro atoms. The molecule has 1 aromatic carbocycles. The zero-order valence-electron chi connectivity index (χ0n) is 11.2. The van der Waals surface area contributed by atoms with Crippen molar-refractivity contribution in [2.45, 2.75) is 26.8 Å². The maximum Gasteiger partial charge on any atom is 0.121 e. The van der Waals surface area contributed by atoms with Gasteiger partial charge in [-0.25, -0.2) is 4.98 Å². The molecule has 0 atom stereocenters. The normalized spacial score (nSPS) is 11.4. The zero-order chi connectivity index (χ0) is 13.1. The fraction of sp³-hybridized carbons (Fsp3) is 0.500. The van der Waals surface area contributed by atoms with Crippen LogP contribution in [0, 0.1) is 5.92 Å². The summed E-state index contributed by atoms with van der Waals surface area (Å²) in [5.74, 6) is 3.39. The molecule has 0 aliphatic heterocycles. The first-order valence-corrected chi connectivity index (χ1v) is 6.93. The topological polar surface area (TPSA) is 27.1 Å². The van der Waals surface area contributed by atoms with Gasteiger partial charge < -0.3 is 9.30 Å². The molecule has 18 heavy (non-hydrogen) atoms. The summed E-state index contributed by atoms with van der Waals surface area (Å²) in [6.45, 7) is 5.44. The van der Waals surface area contributed by atoms with Crippen molar-refractivity contribution in [1.29, 1.82) is 0 Å². The molecule has 0 aliphatic carbocycles. The van der Waals surface area contributed by atoms with Crippen LogP contribution in [0.1, 0.15) is 19.7 Å². The van der Waals surface area contributed by atoms with Crippen LogP contribution in [0.25, 0.3) is 11.0 Å². The Morgan fingerprint density at radius 2 is 2.17 bits per heavy atom. The van der Waals surface area contributed by atoms with Crippen LogP contribution in [0.2, 0.25) is 0 Å². The molecule has 1 aromatic heterocycles. The predicted octanol–water partition coefficient (Wildman–Crippen LogP) is 3.17. The molecular formula is C14H20N2OS. The lowest BCUT2D eigenvalue weighted by Crippen LogP contribution is -2.09. The van der Waals surface area contributed by atoms with Gasteiger partial charge in [-0.2, -0.15) is 12.6 Å². The minimum absolute atomic E-state index is 0.600. The van der Waals surface area contributed by atoms with Crippen molar-refractivity contribution in [1.82, 2.24) is 9.55 Å². The second kappa shape index (κ2) is 5.65. The van der Waals surface area contributed by atoms with E-state index in [1.54, 1.807) is 7.11 Å². The van der Waals surface area contributed by atoms with Crippen LogP contribution in [-0.2, 0) is 13.0 Å². The van der Waals surface area contributed by atoms with Crippen molar-refractivity contribution in [3.63, 3.8) is 0 Å². The van der Waals surface area contributed by atoms with E-state index in [1.165, 1.54) is 5.52 Å². The summed E-state index contributed by atoms with van der Waals surface area (Å²) in [6, 6.07) is 6.07. The van der Waals surface area contributed by atoms with E-state index in [4.69, 9.17) is 9.72 Å². The third-order valence-electron chi connectivity index (χ3n) is 2.92. The molecule has 0 unspecified atom stereocenters. The monoisotopic (exact) mass is 264 g/mol. The number of ether oxygens (including phenoxy) is 1. The fourth-order valence-corrected chi connectivity index (χ4v) is 2.35. The lowest BCUT2D eigenvalue weighted by atomic mass is 10.2. The third-order valence-corrected chi connectivity index (χ3v) is 3.14. The van der Waals surface area contributed by atoms with Crippen LogP contribution in [0.5, 0.6) is 5.75 Å². The Morgan fingerprint density at radius 1 is 1.39 bits per heavy atom. The van der Waals surface area contributed by atoms with Crippen molar-refractivity contribution < 1.29 is 4.74 Å². The molecule has 0 fully saturated rings. The van der Waals surface area contributed by atoms with Gasteiger partial charge in [-0.1, -0.05) is 13.8 Å². The Bertz CT molecular complexity index is 534. The lowest BCUT2D eigenvalue weighted by Gasteiger charge is -2.11. The van der Waals surface area contributed by atoms with Crippen LogP contribution in [0.3, 0.4) is 0 Å². The number of hydrogen-bond donors (Lipinski definition) is 1. The number of hydrogen-bond acceptors (Lipinski definition) is 3. The number of imidazole rings is 1. The smallest absolute Gasteiger partial charge is 0.121 e. The van der Waals surface area contributed by atoms with E-state index in [9.17, 15) is 0 Å². The van der Waals surface area contributed by atoms with Gasteiger partial charge in [-0.05, 0) is 23.8 Å². The second-order valence-electron chi connectivity index (χ2n) is 4.86. The summed E-state index contributed by atoms with van der Waals surface area (Å²) in [6.07, 6.45) is 0.896. The van der Waals surface area contributed by atoms with Crippen molar-refractivity contribution in [2.24, 2.45) is 5.92 Å². The lowest BCUT2D eigenvalue weighted by molar-refractivity contribution is 0.415. The average Bonchev–Trinajstić information content (AvgIpc) is 2.66. The average molecular weight is 264 g/mol. The number of thiol groups is 1. The predicted molar refractivity (Wildman–Crippen MR) is 78.7 cm³/mol. The van der Waals surface area contributed by atoms with E-state index in [2.05, 4.69) is 37.1 Å². The highest BCUT2D eigenvalue weighted by Gasteiger charge is 2.11. The third kappa shape index (κ3) is 2.64. The summed E-state index contributed by atoms with van der Waals surface area (Å²) in [7, 11) is 1.68. The fourth-order valence-electron chi connectivity index (χ4n) is 2.15. The Labute approximate surface area is 114 Å². The van der Waals surface area contributed by atoms with E-state index in [1.807, 2.05) is 12.1 Å². The molecule has 2 aromatic rings. The van der Waals surface area contributed by atoms with Crippen LogP contribution in [-0.4, -0.2) is 22.4 Å². The Morgan fingerprint density at radius 3 is 2.78 bits per heavy atom. The van der Waals surface area contributed by atoms with Gasteiger partial charge in [0.2, 0.25) is 0 Å². The Kier molecular flexibility index (Phi) is 4.17. The molecule has 0 bridgehead atoms. The van der Waals surface area contributed by atoms with Crippen LogP contribution >= 0.6 is 12.6 Å². The first kappa shape index (κ1) is 13.3. The molecule has 0 aliphatic rings. The molecule has 0 amide bonds. The molecule has 2 rings (SSSR count). The van der Waals surface area contributed by atoms with Crippen LogP contribution in [0.15, 0.2) is 18.2 Å². The van der Waals surface area contributed by atoms with Crippen molar-refractivity contribution in [3.8, 4) is 5.75 Å². The zero-order valence-corrected chi connectivity index (χ0v) is 12.1. The first-order valence-electron chi connectivity index (χ1n) is 6.29. The molecular weight excluding hydrogens is 244 g/mol. The molecule has 98 valence electrons. The standard InChI is InChI=1S/C14H20N2OS/c1-10(2)9-16-13-5-4-11(17-3)8-12(13)15-14(16)6-7-18/h4-5,8,10,18H,6-7,9H2,1-3H3. The quantitative estimate of drug-likeness (QED) is 0.840. The molecule has 3 nitrogen and oxygen atoms in total. The molecule has 0 radical (unpaired) electrons. The minimum atomic E-state index is 0.600. The van der Waals surface area contributed by atoms with Crippen LogP contribution in [0.4, 0.5) is 0 Å². The Balaban J connectivity index is 2.52. The number of aryl methyl sites for hydroxylation is 1. The second-order valence-corrected chi connectivity index (χ2v) is 5.31. The maximum atomic E-state index is 5.25. The number of methoxy groups -OCH3 is 1. The molecule has 0 saturated carbocycles. The number of rotatable bonds is 5. The molecule has 1 heterocycles. The van der Waals surface area contributed by atoms with E-state index >= 15 is 0 Å². The van der Waals surface area contributed by atoms with Gasteiger partial charge in [0, 0.05) is 19.0 Å². The first-order chi connectivity index (χ1) is 8.65. The summed E-state index contributed by atoms with van der Waals surface area (Å²) < 4.78 is 7.55. The maximum absolute atomic E-state index is 5.25. The molecule has 0 N–H and O–H groups in total. The van der Waals surface area contributed by atoms with Gasteiger partial charge in [-0.15, -0.1) is 0 Å². The SMILES string of the molecule is COc1ccc2c(c1)nc(CCS)n2CC(C)C. The summed E-state index contributed by atoms with van der Waals surface area (Å²) >= 11 is 4.31. The number of fused-ring (bicyclic) bond motifs is 1. The summed E-state index contributed by atoms with van der Waals surface area (Å²) in [5, 5.41) is 0. The van der Waals surface area contributed by atoms with Gasteiger partial charge in [0.1, 0.15) is 11.6 Å². The van der Waals surface area contributed by atoms with Crippen LogP contribution < -0.4 is 4.74 Å². The van der Waals surface area contributed by atoms with Gasteiger partial charge in [0.05, 0.1) is 18.1 Å². The summed E-state index contributed by atoms with van der Waals surface area (Å²) in [4.78, 5) is 4.70. The van der Waals surface area contributed by atoms with Gasteiger partial charge >= 0.3 is 0 Å². The van der Waals surface area contributed by atoms with E-state index in [0.29, 0.717) is 5.92 Å². The van der Waals surface area contributed by atoms with Crippen molar-refractivity contribution in [2.75, 3.05) is 12.9 Å². The van der Waals surface area contributed by atoms with Crippen molar-refractivity contribution in [3.05, 3.63) is 24.0 Å². The van der Waals surface area contributed by atoms with Gasteiger partial charge in [0.25, 0.3) is 0 Å². The molecule has 4 heteroatoms. The highest BCUT2D eigenvalue weighted by molar-refractivity contribution is 7.80. The summed E-state index contributed by atoms with van der Waals surface area (Å²) in [5.41, 5.74) is 2.19. The van der Waals surface area contributed by atoms with E-state index in [0.717, 1.165) is 35.8 Å². The van der Waals surface area contributed by atoms with E-state index < -0.39 is 0 Å². The highest BCUT2D eigenvalue weighted by atomic mass is 32.1. The molecule has 0 saturated heterocycles.